The fourth-order valence-corrected chi connectivity index (χ4v) is 4.95. The molecule has 0 bridgehead atoms. The number of benzene rings is 2. The molecule has 29 heavy (non-hydrogen) atoms. The Labute approximate surface area is 171 Å². The summed E-state index contributed by atoms with van der Waals surface area (Å²) in [5, 5.41) is 0. The van der Waals surface area contributed by atoms with Crippen LogP contribution < -0.4 is 9.64 Å². The van der Waals surface area contributed by atoms with E-state index in [1.54, 1.807) is 25.4 Å². The number of rotatable bonds is 5. The van der Waals surface area contributed by atoms with Crippen molar-refractivity contribution in [2.75, 3.05) is 18.7 Å². The molecule has 0 saturated heterocycles. The molecule has 0 N–H and O–H groups in total. The number of fused-ring (bicyclic) bond motifs is 1. The number of ether oxygens (including phenoxy) is 1. The number of anilines is 1. The Morgan fingerprint density at radius 1 is 0.966 bits per heavy atom. The van der Waals surface area contributed by atoms with E-state index >= 15 is 0 Å². The number of sulfonamides is 1. The van der Waals surface area contributed by atoms with Gasteiger partial charge in [-0.05, 0) is 42.3 Å². The first-order valence-electron chi connectivity index (χ1n) is 9.36. The first-order valence-corrected chi connectivity index (χ1v) is 10.8. The molecule has 0 saturated carbocycles. The highest BCUT2D eigenvalue weighted by Gasteiger charge is 2.36. The molecule has 0 aliphatic carbocycles. The van der Waals surface area contributed by atoms with Gasteiger partial charge in [0.1, 0.15) is 16.5 Å². The summed E-state index contributed by atoms with van der Waals surface area (Å²) in [4.78, 5) is 6.61. The summed E-state index contributed by atoms with van der Waals surface area (Å²) in [6.07, 6.45) is 1.63. The van der Waals surface area contributed by atoms with Gasteiger partial charge in [-0.3, -0.25) is 0 Å². The van der Waals surface area contributed by atoms with Crippen LogP contribution in [0.15, 0.2) is 71.8 Å². The number of pyridine rings is 1. The zero-order valence-electron chi connectivity index (χ0n) is 16.4. The van der Waals surface area contributed by atoms with Crippen LogP contribution in [0, 0.1) is 6.92 Å². The fraction of sp³-hybridized carbons (Fsp3) is 0.227. The van der Waals surface area contributed by atoms with Gasteiger partial charge in [-0.15, -0.1) is 0 Å². The van der Waals surface area contributed by atoms with E-state index in [4.69, 9.17) is 4.74 Å². The van der Waals surface area contributed by atoms with E-state index in [9.17, 15) is 8.42 Å². The Morgan fingerprint density at radius 3 is 2.31 bits per heavy atom. The molecule has 3 aromatic rings. The number of methoxy groups -OCH3 is 1. The average Bonchev–Trinajstić information content (AvgIpc) is 2.74. The fourth-order valence-electron chi connectivity index (χ4n) is 3.40. The molecule has 1 aromatic heterocycles. The van der Waals surface area contributed by atoms with Gasteiger partial charge in [0.15, 0.2) is 0 Å². The summed E-state index contributed by atoms with van der Waals surface area (Å²) in [6.45, 7) is 3.12. The van der Waals surface area contributed by atoms with Crippen molar-refractivity contribution in [2.24, 2.45) is 0 Å². The molecular formula is C22H23N3O3S. The van der Waals surface area contributed by atoms with Crippen LogP contribution in [0.5, 0.6) is 5.75 Å². The van der Waals surface area contributed by atoms with Crippen LogP contribution in [0.25, 0.3) is 0 Å². The minimum atomic E-state index is -3.62. The third-order valence-corrected chi connectivity index (χ3v) is 6.81. The molecule has 0 fully saturated rings. The lowest BCUT2D eigenvalue weighted by molar-refractivity contribution is 0.386. The van der Waals surface area contributed by atoms with Crippen molar-refractivity contribution in [2.45, 2.75) is 24.9 Å². The van der Waals surface area contributed by atoms with Crippen molar-refractivity contribution >= 4 is 15.8 Å². The van der Waals surface area contributed by atoms with Crippen LogP contribution in [-0.4, -0.2) is 31.5 Å². The van der Waals surface area contributed by atoms with Crippen LogP contribution in [0.4, 0.5) is 5.82 Å². The third kappa shape index (κ3) is 3.97. The summed E-state index contributed by atoms with van der Waals surface area (Å²) in [5.41, 5.74) is 3.15. The highest BCUT2D eigenvalue weighted by Crippen LogP contribution is 2.33. The first-order chi connectivity index (χ1) is 14.0. The summed E-state index contributed by atoms with van der Waals surface area (Å²) < 4.78 is 33.1. The standard InChI is InChI=1S/C22H23N3O3S/c1-17-5-7-19(8-6-17)15-25-16-24(14-18-9-11-20(28-2)12-10-18)22-21(29(25,26)27)4-3-13-23-22/h3-13H,14-16H2,1-2H3. The van der Waals surface area contributed by atoms with Crippen molar-refractivity contribution in [1.29, 1.82) is 0 Å². The van der Waals surface area contributed by atoms with E-state index < -0.39 is 10.0 Å². The van der Waals surface area contributed by atoms with Crippen LogP contribution in [-0.2, 0) is 23.1 Å². The van der Waals surface area contributed by atoms with Crippen molar-refractivity contribution in [1.82, 2.24) is 9.29 Å². The summed E-state index contributed by atoms with van der Waals surface area (Å²) in [5.74, 6) is 1.28. The Balaban J connectivity index is 1.66. The van der Waals surface area contributed by atoms with E-state index in [0.29, 0.717) is 18.9 Å². The molecule has 0 spiro atoms. The monoisotopic (exact) mass is 409 g/mol. The lowest BCUT2D eigenvalue weighted by Crippen LogP contribution is -2.46. The summed E-state index contributed by atoms with van der Waals surface area (Å²) in [7, 11) is -1.99. The summed E-state index contributed by atoms with van der Waals surface area (Å²) in [6, 6.07) is 19.0. The second-order valence-corrected chi connectivity index (χ2v) is 9.02. The van der Waals surface area contributed by atoms with Gasteiger partial charge in [0, 0.05) is 19.3 Å². The van der Waals surface area contributed by atoms with Gasteiger partial charge in [0.05, 0.1) is 13.8 Å². The smallest absolute Gasteiger partial charge is 0.248 e. The van der Waals surface area contributed by atoms with Gasteiger partial charge in [0.2, 0.25) is 10.0 Å². The van der Waals surface area contributed by atoms with Crippen LogP contribution >= 0.6 is 0 Å². The maximum atomic E-state index is 13.2. The van der Waals surface area contributed by atoms with Gasteiger partial charge in [0.25, 0.3) is 0 Å². The average molecular weight is 410 g/mol. The second kappa shape index (κ2) is 7.85. The number of hydrogen-bond donors (Lipinski definition) is 0. The number of hydrogen-bond acceptors (Lipinski definition) is 5. The molecule has 2 aromatic carbocycles. The molecule has 1 aliphatic heterocycles. The lowest BCUT2D eigenvalue weighted by Gasteiger charge is -2.36. The van der Waals surface area contributed by atoms with Gasteiger partial charge in [-0.1, -0.05) is 42.0 Å². The largest absolute Gasteiger partial charge is 0.497 e. The van der Waals surface area contributed by atoms with E-state index in [1.165, 1.54) is 4.31 Å². The molecule has 0 unspecified atom stereocenters. The molecule has 0 radical (unpaired) electrons. The molecule has 0 atom stereocenters. The molecule has 1 aliphatic rings. The minimum absolute atomic E-state index is 0.242. The van der Waals surface area contributed by atoms with Crippen LogP contribution in [0.1, 0.15) is 16.7 Å². The number of aromatic nitrogens is 1. The molecule has 2 heterocycles. The first kappa shape index (κ1) is 19.4. The maximum absolute atomic E-state index is 13.2. The van der Waals surface area contributed by atoms with E-state index in [2.05, 4.69) is 4.98 Å². The number of nitrogens with zero attached hydrogens (tertiary/aromatic N) is 3. The lowest BCUT2D eigenvalue weighted by atomic mass is 10.1. The molecule has 4 rings (SSSR count). The summed E-state index contributed by atoms with van der Waals surface area (Å²) >= 11 is 0. The zero-order valence-corrected chi connectivity index (χ0v) is 17.3. The van der Waals surface area contributed by atoms with Crippen molar-refractivity contribution in [3.63, 3.8) is 0 Å². The molecule has 7 heteroatoms. The van der Waals surface area contributed by atoms with E-state index in [1.807, 2.05) is 60.4 Å². The normalized spacial score (nSPS) is 15.7. The molecular weight excluding hydrogens is 386 g/mol. The topological polar surface area (TPSA) is 62.7 Å². The van der Waals surface area contributed by atoms with Crippen molar-refractivity contribution in [3.05, 3.63) is 83.6 Å². The third-order valence-electron chi connectivity index (χ3n) is 5.01. The Hall–Kier alpha value is -2.90. The molecule has 6 nitrogen and oxygen atoms in total. The van der Waals surface area contributed by atoms with Crippen LogP contribution in [0.3, 0.4) is 0 Å². The van der Waals surface area contributed by atoms with Gasteiger partial charge in [-0.25, -0.2) is 13.4 Å². The predicted molar refractivity (Wildman–Crippen MR) is 112 cm³/mol. The van der Waals surface area contributed by atoms with Gasteiger partial charge in [-0.2, -0.15) is 4.31 Å². The number of aryl methyl sites for hydroxylation is 1. The van der Waals surface area contributed by atoms with Crippen molar-refractivity contribution in [3.8, 4) is 5.75 Å². The highest BCUT2D eigenvalue weighted by atomic mass is 32.2. The van der Waals surface area contributed by atoms with E-state index in [-0.39, 0.29) is 11.6 Å². The quantitative estimate of drug-likeness (QED) is 0.645. The Bertz CT molecular complexity index is 1100. The maximum Gasteiger partial charge on any atom is 0.248 e. The zero-order chi connectivity index (χ0) is 20.4. The Morgan fingerprint density at radius 2 is 1.62 bits per heavy atom. The van der Waals surface area contributed by atoms with Crippen LogP contribution in [0.2, 0.25) is 0 Å². The van der Waals surface area contributed by atoms with Crippen molar-refractivity contribution < 1.29 is 13.2 Å². The van der Waals surface area contributed by atoms with Gasteiger partial charge < -0.3 is 9.64 Å². The Kier molecular flexibility index (Phi) is 5.25. The SMILES string of the molecule is COc1ccc(CN2CN(Cc3ccc(C)cc3)S(=O)(=O)c3cccnc32)cc1. The second-order valence-electron chi connectivity index (χ2n) is 7.11. The molecule has 0 amide bonds. The highest BCUT2D eigenvalue weighted by molar-refractivity contribution is 7.89. The molecule has 150 valence electrons. The van der Waals surface area contributed by atoms with E-state index in [0.717, 1.165) is 22.4 Å². The predicted octanol–water partition coefficient (Wildman–Crippen LogP) is 3.57. The minimum Gasteiger partial charge on any atom is -0.497 e. The van der Waals surface area contributed by atoms with Gasteiger partial charge >= 0.3 is 0 Å².